The van der Waals surface area contributed by atoms with Crippen molar-refractivity contribution in [3.05, 3.63) is 0 Å². The lowest BCUT2D eigenvalue weighted by atomic mass is 9.88. The second-order valence-electron chi connectivity index (χ2n) is 6.20. The second-order valence-corrected chi connectivity index (χ2v) is 6.20. The van der Waals surface area contributed by atoms with Gasteiger partial charge in [0.25, 0.3) is 0 Å². The van der Waals surface area contributed by atoms with Crippen molar-refractivity contribution in [1.29, 1.82) is 0 Å². The Hall–Kier alpha value is -0.120. The average Bonchev–Trinajstić information content (AvgIpc) is 2.91. The summed E-state index contributed by atoms with van der Waals surface area (Å²) in [5, 5.41) is 9.48. The Balaban J connectivity index is 1.85. The quantitative estimate of drug-likeness (QED) is 0.739. The summed E-state index contributed by atoms with van der Waals surface area (Å²) in [6, 6.07) is 0.239. The van der Waals surface area contributed by atoms with E-state index < -0.39 is 0 Å². The van der Waals surface area contributed by atoms with Crippen molar-refractivity contribution < 1.29 is 5.11 Å². The molecule has 0 aromatic rings. The smallest absolute Gasteiger partial charge is 0.0601 e. The van der Waals surface area contributed by atoms with Gasteiger partial charge in [-0.3, -0.25) is 4.90 Å². The van der Waals surface area contributed by atoms with Crippen LogP contribution in [0.4, 0.5) is 0 Å². The summed E-state index contributed by atoms with van der Waals surface area (Å²) in [7, 11) is 2.13. The molecule has 0 radical (unpaired) electrons. The third kappa shape index (κ3) is 2.83. The van der Waals surface area contributed by atoms with Crippen LogP contribution in [-0.4, -0.2) is 42.3 Å². The van der Waals surface area contributed by atoms with Crippen LogP contribution in [0.15, 0.2) is 0 Å². The average molecular weight is 240 g/mol. The molecule has 2 aliphatic rings. The molecule has 0 aromatic heterocycles. The molecule has 0 amide bonds. The molecule has 5 unspecified atom stereocenters. The summed E-state index contributed by atoms with van der Waals surface area (Å²) in [5.74, 6) is 2.82. The number of hydrogen-bond donors (Lipinski definition) is 2. The summed E-state index contributed by atoms with van der Waals surface area (Å²) in [4.78, 5) is 2.31. The molecule has 5 atom stereocenters. The predicted octanol–water partition coefficient (Wildman–Crippen LogP) is 1.45. The van der Waals surface area contributed by atoms with Gasteiger partial charge in [-0.1, -0.05) is 13.3 Å². The van der Waals surface area contributed by atoms with E-state index in [0.717, 1.165) is 30.7 Å². The van der Waals surface area contributed by atoms with Gasteiger partial charge in [-0.15, -0.1) is 0 Å². The van der Waals surface area contributed by atoms with Gasteiger partial charge < -0.3 is 10.8 Å². The standard InChI is InChI=1S/C14H28N2O/c1-3-13(15)14(9-17)16(2)8-12-7-10-4-5-11(12)6-10/h10-14,17H,3-9,15H2,1-2H3. The van der Waals surface area contributed by atoms with E-state index in [2.05, 4.69) is 18.9 Å². The summed E-state index contributed by atoms with van der Waals surface area (Å²) in [6.07, 6.45) is 6.71. The van der Waals surface area contributed by atoms with Gasteiger partial charge in [0, 0.05) is 18.6 Å². The maximum absolute atomic E-state index is 9.48. The van der Waals surface area contributed by atoms with E-state index in [0.29, 0.717) is 0 Å². The molecule has 0 spiro atoms. The van der Waals surface area contributed by atoms with Crippen LogP contribution in [0.5, 0.6) is 0 Å². The van der Waals surface area contributed by atoms with Gasteiger partial charge in [0.1, 0.15) is 0 Å². The fourth-order valence-corrected chi connectivity index (χ4v) is 3.98. The largest absolute Gasteiger partial charge is 0.395 e. The molecule has 0 heterocycles. The highest BCUT2D eigenvalue weighted by atomic mass is 16.3. The Labute approximate surface area is 105 Å². The number of likely N-dealkylation sites (N-methyl/N-ethyl adjacent to an activating group) is 1. The number of aliphatic hydroxyl groups is 1. The minimum Gasteiger partial charge on any atom is -0.395 e. The molecule has 17 heavy (non-hydrogen) atoms. The van der Waals surface area contributed by atoms with Crippen LogP contribution in [0.1, 0.15) is 39.0 Å². The van der Waals surface area contributed by atoms with Gasteiger partial charge in [-0.25, -0.2) is 0 Å². The fraction of sp³-hybridized carbons (Fsp3) is 1.00. The Kier molecular flexibility index (Phi) is 4.45. The first-order valence-electron chi connectivity index (χ1n) is 7.22. The Morgan fingerprint density at radius 2 is 2.12 bits per heavy atom. The van der Waals surface area contributed by atoms with Crippen LogP contribution < -0.4 is 5.73 Å². The van der Waals surface area contributed by atoms with Crippen molar-refractivity contribution in [1.82, 2.24) is 4.90 Å². The number of fused-ring (bicyclic) bond motifs is 2. The van der Waals surface area contributed by atoms with Crippen molar-refractivity contribution in [3.8, 4) is 0 Å². The van der Waals surface area contributed by atoms with Crippen molar-refractivity contribution in [3.63, 3.8) is 0 Å². The molecule has 3 nitrogen and oxygen atoms in total. The van der Waals surface area contributed by atoms with Crippen LogP contribution in [-0.2, 0) is 0 Å². The van der Waals surface area contributed by atoms with Crippen LogP contribution in [0, 0.1) is 17.8 Å². The lowest BCUT2D eigenvalue weighted by Crippen LogP contribution is -2.49. The molecule has 2 fully saturated rings. The summed E-state index contributed by atoms with van der Waals surface area (Å²) in [5.41, 5.74) is 6.08. The van der Waals surface area contributed by atoms with Crippen LogP contribution in [0.2, 0.25) is 0 Å². The Bertz CT molecular complexity index is 246. The third-order valence-corrected chi connectivity index (χ3v) is 5.13. The highest BCUT2D eigenvalue weighted by Gasteiger charge is 2.40. The third-order valence-electron chi connectivity index (χ3n) is 5.13. The highest BCUT2D eigenvalue weighted by molar-refractivity contribution is 4.92. The molecule has 3 N–H and O–H groups in total. The van der Waals surface area contributed by atoms with Gasteiger partial charge in [0.05, 0.1) is 6.61 Å². The molecule has 0 saturated heterocycles. The van der Waals surface area contributed by atoms with Gasteiger partial charge in [-0.2, -0.15) is 0 Å². The van der Waals surface area contributed by atoms with Gasteiger partial charge in [0.2, 0.25) is 0 Å². The zero-order chi connectivity index (χ0) is 12.4. The molecular formula is C14H28N2O. The number of nitrogens with two attached hydrogens (primary N) is 1. The van der Waals surface area contributed by atoms with E-state index in [9.17, 15) is 5.11 Å². The minimum absolute atomic E-state index is 0.101. The summed E-state index contributed by atoms with van der Waals surface area (Å²) in [6.45, 7) is 3.41. The topological polar surface area (TPSA) is 49.5 Å². The van der Waals surface area contributed by atoms with Gasteiger partial charge in [-0.05, 0) is 50.5 Å². The number of hydrogen-bond acceptors (Lipinski definition) is 3. The minimum atomic E-state index is 0.101. The molecule has 2 aliphatic carbocycles. The SMILES string of the molecule is CCC(N)C(CO)N(C)CC1CC2CCC1C2. The summed E-state index contributed by atoms with van der Waals surface area (Å²) < 4.78 is 0. The zero-order valence-electron chi connectivity index (χ0n) is 11.3. The monoisotopic (exact) mass is 240 g/mol. The van der Waals surface area contributed by atoms with E-state index in [4.69, 9.17) is 5.73 Å². The predicted molar refractivity (Wildman–Crippen MR) is 70.7 cm³/mol. The van der Waals surface area contributed by atoms with Crippen LogP contribution >= 0.6 is 0 Å². The molecule has 0 aromatic carbocycles. The maximum Gasteiger partial charge on any atom is 0.0601 e. The number of rotatable bonds is 6. The maximum atomic E-state index is 9.48. The molecule has 2 saturated carbocycles. The molecule has 2 bridgehead atoms. The first kappa shape index (κ1) is 13.3. The van der Waals surface area contributed by atoms with E-state index in [1.54, 1.807) is 0 Å². The van der Waals surface area contributed by atoms with E-state index in [-0.39, 0.29) is 18.7 Å². The van der Waals surface area contributed by atoms with Crippen molar-refractivity contribution in [2.24, 2.45) is 23.5 Å². The van der Waals surface area contributed by atoms with Gasteiger partial charge in [0.15, 0.2) is 0 Å². The van der Waals surface area contributed by atoms with E-state index >= 15 is 0 Å². The van der Waals surface area contributed by atoms with Crippen LogP contribution in [0.25, 0.3) is 0 Å². The second kappa shape index (κ2) is 5.68. The van der Waals surface area contributed by atoms with Crippen molar-refractivity contribution in [2.75, 3.05) is 20.2 Å². The molecule has 100 valence electrons. The number of aliphatic hydroxyl groups excluding tert-OH is 1. The highest BCUT2D eigenvalue weighted by Crippen LogP contribution is 2.48. The zero-order valence-corrected chi connectivity index (χ0v) is 11.3. The fourth-order valence-electron chi connectivity index (χ4n) is 3.98. The van der Waals surface area contributed by atoms with Crippen LogP contribution in [0.3, 0.4) is 0 Å². The normalized spacial score (nSPS) is 35.5. The molecule has 0 aliphatic heterocycles. The number of nitrogens with zero attached hydrogens (tertiary/aromatic N) is 1. The van der Waals surface area contributed by atoms with Crippen molar-refractivity contribution >= 4 is 0 Å². The summed E-state index contributed by atoms with van der Waals surface area (Å²) >= 11 is 0. The molecule has 2 rings (SSSR count). The lowest BCUT2D eigenvalue weighted by molar-refractivity contribution is 0.0996. The van der Waals surface area contributed by atoms with Gasteiger partial charge >= 0.3 is 0 Å². The van der Waals surface area contributed by atoms with E-state index in [1.807, 2.05) is 0 Å². The lowest BCUT2D eigenvalue weighted by Gasteiger charge is -2.34. The Morgan fingerprint density at radius 1 is 1.35 bits per heavy atom. The van der Waals surface area contributed by atoms with Crippen molar-refractivity contribution in [2.45, 2.75) is 51.1 Å². The van der Waals surface area contributed by atoms with E-state index in [1.165, 1.54) is 25.7 Å². The first-order chi connectivity index (χ1) is 8.15. The Morgan fingerprint density at radius 3 is 2.59 bits per heavy atom. The molecule has 3 heteroatoms. The first-order valence-corrected chi connectivity index (χ1v) is 7.22. The molecular weight excluding hydrogens is 212 g/mol.